The number of benzene rings is 1. The van der Waals surface area contributed by atoms with Gasteiger partial charge in [-0.2, -0.15) is 0 Å². The fourth-order valence-electron chi connectivity index (χ4n) is 1.50. The maximum absolute atomic E-state index is 11.5. The maximum atomic E-state index is 11.5. The van der Waals surface area contributed by atoms with Crippen molar-refractivity contribution in [2.75, 3.05) is 32.7 Å². The summed E-state index contributed by atoms with van der Waals surface area (Å²) >= 11 is 0. The summed E-state index contributed by atoms with van der Waals surface area (Å²) in [5, 5.41) is 20.8. The van der Waals surface area contributed by atoms with E-state index in [2.05, 4.69) is 14.8 Å². The van der Waals surface area contributed by atoms with Crippen molar-refractivity contribution < 1.29 is 29.3 Å². The molecule has 110 valence electrons. The maximum Gasteiger partial charge on any atom is 0.337 e. The fourth-order valence-corrected chi connectivity index (χ4v) is 1.50. The molecule has 0 aliphatic heterocycles. The fraction of sp³-hybridized carbons (Fsp3) is 0.385. The molecule has 0 saturated carbocycles. The summed E-state index contributed by atoms with van der Waals surface area (Å²) < 4.78 is 9.20. The minimum absolute atomic E-state index is 0.0712. The molecule has 1 aromatic rings. The summed E-state index contributed by atoms with van der Waals surface area (Å²) in [7, 11) is 2.46. The second-order valence-corrected chi connectivity index (χ2v) is 4.00. The summed E-state index contributed by atoms with van der Waals surface area (Å²) in [5.74, 6) is -1.19. The number of methoxy groups -OCH3 is 2. The predicted octanol–water partition coefficient (Wildman–Crippen LogP) is 0.0249. The van der Waals surface area contributed by atoms with Gasteiger partial charge in [0.25, 0.3) is 0 Å². The Kier molecular flexibility index (Phi) is 5.95. The molecule has 7 heteroatoms. The zero-order valence-electron chi connectivity index (χ0n) is 11.3. The Labute approximate surface area is 116 Å². The van der Waals surface area contributed by atoms with Gasteiger partial charge < -0.3 is 25.0 Å². The van der Waals surface area contributed by atoms with Crippen molar-refractivity contribution in [2.24, 2.45) is 0 Å². The van der Waals surface area contributed by atoms with Crippen LogP contribution in [0.1, 0.15) is 20.7 Å². The van der Waals surface area contributed by atoms with E-state index in [1.54, 1.807) is 0 Å². The molecule has 0 fully saturated rings. The van der Waals surface area contributed by atoms with Crippen LogP contribution in [0.5, 0.6) is 0 Å². The molecule has 0 heterocycles. The highest BCUT2D eigenvalue weighted by Crippen LogP contribution is 2.17. The number of aliphatic hydroxyl groups is 2. The molecule has 0 aliphatic carbocycles. The quantitative estimate of drug-likeness (QED) is 0.632. The van der Waals surface area contributed by atoms with Crippen molar-refractivity contribution in [3.8, 4) is 0 Å². The second kappa shape index (κ2) is 7.46. The van der Waals surface area contributed by atoms with Crippen LogP contribution in [0.2, 0.25) is 0 Å². The molecule has 0 spiro atoms. The summed E-state index contributed by atoms with van der Waals surface area (Å²) in [6.45, 7) is -0.324. The van der Waals surface area contributed by atoms with Crippen LogP contribution in [0, 0.1) is 0 Å². The molecule has 0 saturated heterocycles. The van der Waals surface area contributed by atoms with Crippen LogP contribution in [0.15, 0.2) is 18.2 Å². The lowest BCUT2D eigenvalue weighted by atomic mass is 10.1. The first-order chi connectivity index (χ1) is 9.51. The Bertz CT molecular complexity index is 453. The SMILES string of the molecule is COC(=O)c1cc(NCC(O)CO)cc(C(=O)OC)c1. The van der Waals surface area contributed by atoms with Gasteiger partial charge in [0, 0.05) is 12.2 Å². The highest BCUT2D eigenvalue weighted by atomic mass is 16.5. The Balaban J connectivity index is 3.03. The number of carbonyl (C=O) groups excluding carboxylic acids is 2. The molecule has 0 aromatic heterocycles. The number of hydrogen-bond acceptors (Lipinski definition) is 7. The van der Waals surface area contributed by atoms with Gasteiger partial charge in [0.05, 0.1) is 38.1 Å². The van der Waals surface area contributed by atoms with E-state index in [1.165, 1.54) is 32.4 Å². The number of rotatable bonds is 6. The first-order valence-corrected chi connectivity index (χ1v) is 5.86. The Hall–Kier alpha value is -2.12. The van der Waals surface area contributed by atoms with Crippen molar-refractivity contribution in [3.05, 3.63) is 29.3 Å². The van der Waals surface area contributed by atoms with Gasteiger partial charge in [-0.25, -0.2) is 9.59 Å². The van der Waals surface area contributed by atoms with E-state index < -0.39 is 24.6 Å². The lowest BCUT2D eigenvalue weighted by molar-refractivity contribution is 0.0599. The Morgan fingerprint density at radius 3 is 2.05 bits per heavy atom. The van der Waals surface area contributed by atoms with E-state index in [0.29, 0.717) is 5.69 Å². The minimum Gasteiger partial charge on any atom is -0.465 e. The summed E-state index contributed by atoms with van der Waals surface area (Å²) in [6, 6.07) is 4.30. The average Bonchev–Trinajstić information content (AvgIpc) is 2.50. The highest BCUT2D eigenvalue weighted by Gasteiger charge is 2.14. The molecule has 0 amide bonds. The van der Waals surface area contributed by atoms with Crippen molar-refractivity contribution in [1.29, 1.82) is 0 Å². The van der Waals surface area contributed by atoms with Crippen molar-refractivity contribution >= 4 is 17.6 Å². The molecule has 1 rings (SSSR count). The zero-order valence-corrected chi connectivity index (χ0v) is 11.3. The molecule has 1 unspecified atom stereocenters. The van der Waals surface area contributed by atoms with Gasteiger partial charge in [-0.15, -0.1) is 0 Å². The van der Waals surface area contributed by atoms with Crippen LogP contribution >= 0.6 is 0 Å². The van der Waals surface area contributed by atoms with Gasteiger partial charge >= 0.3 is 11.9 Å². The van der Waals surface area contributed by atoms with Crippen LogP contribution in [0.4, 0.5) is 5.69 Å². The zero-order chi connectivity index (χ0) is 15.1. The van der Waals surface area contributed by atoms with E-state index in [1.807, 2.05) is 0 Å². The van der Waals surface area contributed by atoms with Crippen LogP contribution in [-0.2, 0) is 9.47 Å². The van der Waals surface area contributed by atoms with Gasteiger partial charge in [-0.3, -0.25) is 0 Å². The summed E-state index contributed by atoms with van der Waals surface area (Å²) in [5.41, 5.74) is 0.786. The normalized spacial score (nSPS) is 11.6. The largest absolute Gasteiger partial charge is 0.465 e. The van der Waals surface area contributed by atoms with Gasteiger partial charge in [-0.1, -0.05) is 0 Å². The van der Waals surface area contributed by atoms with Gasteiger partial charge in [0.1, 0.15) is 0 Å². The topological polar surface area (TPSA) is 105 Å². The second-order valence-electron chi connectivity index (χ2n) is 4.00. The van der Waals surface area contributed by atoms with Crippen LogP contribution in [-0.4, -0.2) is 55.6 Å². The number of aliphatic hydroxyl groups excluding tert-OH is 2. The standard InChI is InChI=1S/C13H17NO6/c1-19-12(17)8-3-9(13(18)20-2)5-10(4-8)14-6-11(16)7-15/h3-5,11,14-16H,6-7H2,1-2H3. The lowest BCUT2D eigenvalue weighted by Crippen LogP contribution is -2.23. The number of carbonyl (C=O) groups is 2. The lowest BCUT2D eigenvalue weighted by Gasteiger charge is -2.12. The van der Waals surface area contributed by atoms with Crippen LogP contribution in [0.25, 0.3) is 0 Å². The van der Waals surface area contributed by atoms with E-state index in [9.17, 15) is 14.7 Å². The molecule has 0 aliphatic rings. The molecule has 7 nitrogen and oxygen atoms in total. The molecule has 1 atom stereocenters. The highest BCUT2D eigenvalue weighted by molar-refractivity contribution is 5.96. The predicted molar refractivity (Wildman–Crippen MR) is 70.7 cm³/mol. The third-order valence-corrected chi connectivity index (χ3v) is 2.53. The minimum atomic E-state index is -0.946. The summed E-state index contributed by atoms with van der Waals surface area (Å²) in [4.78, 5) is 23.1. The van der Waals surface area contributed by atoms with Crippen molar-refractivity contribution in [1.82, 2.24) is 0 Å². The molecule has 20 heavy (non-hydrogen) atoms. The molecule has 0 bridgehead atoms. The summed E-state index contributed by atoms with van der Waals surface area (Å²) in [6.07, 6.45) is -0.946. The van der Waals surface area contributed by atoms with Gasteiger partial charge in [-0.05, 0) is 18.2 Å². The molecule has 0 radical (unpaired) electrons. The van der Waals surface area contributed by atoms with E-state index in [4.69, 9.17) is 5.11 Å². The van der Waals surface area contributed by atoms with Crippen LogP contribution in [0.3, 0.4) is 0 Å². The van der Waals surface area contributed by atoms with Crippen molar-refractivity contribution in [2.45, 2.75) is 6.10 Å². The van der Waals surface area contributed by atoms with Gasteiger partial charge in [0.15, 0.2) is 0 Å². The number of nitrogens with one attached hydrogen (secondary N) is 1. The third kappa shape index (κ3) is 4.22. The Morgan fingerprint density at radius 2 is 1.65 bits per heavy atom. The van der Waals surface area contributed by atoms with E-state index >= 15 is 0 Å². The average molecular weight is 283 g/mol. The third-order valence-electron chi connectivity index (χ3n) is 2.53. The first-order valence-electron chi connectivity index (χ1n) is 5.86. The molecular formula is C13H17NO6. The molecule has 1 aromatic carbocycles. The van der Waals surface area contributed by atoms with Crippen molar-refractivity contribution in [3.63, 3.8) is 0 Å². The number of hydrogen-bond donors (Lipinski definition) is 3. The van der Waals surface area contributed by atoms with Crippen LogP contribution < -0.4 is 5.32 Å². The smallest absolute Gasteiger partial charge is 0.337 e. The number of ether oxygens (including phenoxy) is 2. The first kappa shape index (κ1) is 15.9. The number of anilines is 1. The van der Waals surface area contributed by atoms with E-state index in [0.717, 1.165) is 0 Å². The van der Waals surface area contributed by atoms with E-state index in [-0.39, 0.29) is 17.7 Å². The monoisotopic (exact) mass is 283 g/mol. The number of esters is 2. The molecule has 3 N–H and O–H groups in total. The Morgan fingerprint density at radius 1 is 1.15 bits per heavy atom. The van der Waals surface area contributed by atoms with Gasteiger partial charge in [0.2, 0.25) is 0 Å². The molecular weight excluding hydrogens is 266 g/mol.